The molecule has 9 heteroatoms. The van der Waals surface area contributed by atoms with Crippen LogP contribution in [0.3, 0.4) is 0 Å². The second kappa shape index (κ2) is 10.6. The lowest BCUT2D eigenvalue weighted by Crippen LogP contribution is -2.18. The van der Waals surface area contributed by atoms with Crippen molar-refractivity contribution in [1.29, 1.82) is 0 Å². The maximum Gasteiger partial charge on any atom is 0.234 e. The van der Waals surface area contributed by atoms with Gasteiger partial charge in [-0.2, -0.15) is 0 Å². The highest BCUT2D eigenvalue weighted by Crippen LogP contribution is 2.23. The number of amides is 2. The number of anilines is 2. The van der Waals surface area contributed by atoms with Crippen LogP contribution >= 0.6 is 11.8 Å². The summed E-state index contributed by atoms with van der Waals surface area (Å²) in [7, 11) is 3.33. The minimum atomic E-state index is -0.231. The molecule has 0 saturated carbocycles. The molecule has 2 amide bonds. The van der Waals surface area contributed by atoms with Gasteiger partial charge in [0.2, 0.25) is 11.8 Å². The van der Waals surface area contributed by atoms with Crippen LogP contribution in [0, 0.1) is 0 Å². The van der Waals surface area contributed by atoms with E-state index in [-0.39, 0.29) is 24.0 Å². The number of nitrogens with zero attached hydrogens (tertiary/aromatic N) is 3. The predicted octanol–water partition coefficient (Wildman–Crippen LogP) is 3.30. The van der Waals surface area contributed by atoms with Crippen molar-refractivity contribution in [2.45, 2.75) is 24.9 Å². The van der Waals surface area contributed by atoms with E-state index in [2.05, 4.69) is 20.8 Å². The van der Waals surface area contributed by atoms with Crippen molar-refractivity contribution in [3.63, 3.8) is 0 Å². The van der Waals surface area contributed by atoms with Gasteiger partial charge >= 0.3 is 0 Å². The number of rotatable bonds is 9. The van der Waals surface area contributed by atoms with Crippen LogP contribution in [0.5, 0.6) is 5.75 Å². The van der Waals surface area contributed by atoms with Crippen LogP contribution in [0.2, 0.25) is 0 Å². The molecular weight excluding hydrogens is 414 g/mol. The van der Waals surface area contributed by atoms with Crippen molar-refractivity contribution in [1.82, 2.24) is 14.8 Å². The molecule has 2 aromatic carbocycles. The van der Waals surface area contributed by atoms with Gasteiger partial charge in [-0.3, -0.25) is 9.59 Å². The standard InChI is InChI=1S/C22H25N5O3S/c1-4-15-9-5-6-10-16(15)23-21(29)14-31-22-26-25-19(27(22)2)13-20(28)24-17-11-7-8-12-18(17)30-3/h5-12H,4,13-14H2,1-3H3,(H,23,29)(H,24,28). The molecule has 162 valence electrons. The molecule has 0 bridgehead atoms. The summed E-state index contributed by atoms with van der Waals surface area (Å²) in [6.07, 6.45) is 0.894. The Bertz CT molecular complexity index is 1070. The number of aryl methyl sites for hydroxylation is 1. The van der Waals surface area contributed by atoms with Crippen molar-refractivity contribution < 1.29 is 14.3 Å². The average molecular weight is 440 g/mol. The predicted molar refractivity (Wildman–Crippen MR) is 122 cm³/mol. The van der Waals surface area contributed by atoms with Gasteiger partial charge in [0, 0.05) is 12.7 Å². The van der Waals surface area contributed by atoms with Crippen LogP contribution < -0.4 is 15.4 Å². The van der Waals surface area contributed by atoms with Gasteiger partial charge < -0.3 is 19.9 Å². The summed E-state index contributed by atoms with van der Waals surface area (Å²) in [4.78, 5) is 24.8. The Morgan fingerprint density at radius 3 is 2.42 bits per heavy atom. The molecule has 31 heavy (non-hydrogen) atoms. The highest BCUT2D eigenvalue weighted by Gasteiger charge is 2.16. The van der Waals surface area contributed by atoms with E-state index in [1.165, 1.54) is 11.8 Å². The molecule has 2 N–H and O–H groups in total. The number of hydrogen-bond donors (Lipinski definition) is 2. The molecule has 0 atom stereocenters. The fraction of sp³-hybridized carbons (Fsp3) is 0.273. The molecular formula is C22H25N5O3S. The van der Waals surface area contributed by atoms with E-state index < -0.39 is 0 Å². The van der Waals surface area contributed by atoms with E-state index in [1.54, 1.807) is 30.9 Å². The number of thioether (sulfide) groups is 1. The molecule has 0 fully saturated rings. The largest absolute Gasteiger partial charge is 0.495 e. The third-order valence-electron chi connectivity index (χ3n) is 4.63. The van der Waals surface area contributed by atoms with Gasteiger partial charge in [-0.15, -0.1) is 10.2 Å². The zero-order valence-electron chi connectivity index (χ0n) is 17.7. The van der Waals surface area contributed by atoms with Crippen molar-refractivity contribution in [2.24, 2.45) is 7.05 Å². The molecule has 1 heterocycles. The first kappa shape index (κ1) is 22.4. The van der Waals surface area contributed by atoms with E-state index in [0.29, 0.717) is 22.4 Å². The van der Waals surface area contributed by atoms with Crippen molar-refractivity contribution in [2.75, 3.05) is 23.5 Å². The summed E-state index contributed by atoms with van der Waals surface area (Å²) in [5.74, 6) is 0.930. The SMILES string of the molecule is CCc1ccccc1NC(=O)CSc1nnc(CC(=O)Nc2ccccc2OC)n1C. The molecule has 0 radical (unpaired) electrons. The van der Waals surface area contributed by atoms with Crippen LogP contribution in [-0.4, -0.2) is 39.4 Å². The topological polar surface area (TPSA) is 98.1 Å². The van der Waals surface area contributed by atoms with E-state index in [4.69, 9.17) is 4.74 Å². The molecule has 3 rings (SSSR count). The van der Waals surface area contributed by atoms with Crippen molar-refractivity contribution in [3.8, 4) is 5.75 Å². The Morgan fingerprint density at radius 2 is 1.68 bits per heavy atom. The smallest absolute Gasteiger partial charge is 0.234 e. The molecule has 0 unspecified atom stereocenters. The lowest BCUT2D eigenvalue weighted by Gasteiger charge is -2.10. The van der Waals surface area contributed by atoms with Crippen LogP contribution in [0.15, 0.2) is 53.7 Å². The first-order valence-corrected chi connectivity index (χ1v) is 10.8. The lowest BCUT2D eigenvalue weighted by molar-refractivity contribution is -0.116. The monoisotopic (exact) mass is 439 g/mol. The number of para-hydroxylation sites is 3. The minimum Gasteiger partial charge on any atom is -0.495 e. The van der Waals surface area contributed by atoms with Gasteiger partial charge in [0.1, 0.15) is 11.6 Å². The van der Waals surface area contributed by atoms with Gasteiger partial charge in [-0.05, 0) is 30.2 Å². The quantitative estimate of drug-likeness (QED) is 0.497. The molecule has 8 nitrogen and oxygen atoms in total. The van der Waals surface area contributed by atoms with E-state index in [0.717, 1.165) is 17.7 Å². The van der Waals surface area contributed by atoms with Gasteiger partial charge in [0.15, 0.2) is 5.16 Å². The minimum absolute atomic E-state index is 0.0538. The Kier molecular flexibility index (Phi) is 7.66. The zero-order chi connectivity index (χ0) is 22.2. The third-order valence-corrected chi connectivity index (χ3v) is 5.65. The number of nitrogens with one attached hydrogen (secondary N) is 2. The number of hydrogen-bond acceptors (Lipinski definition) is 6. The molecule has 0 spiro atoms. The fourth-order valence-corrected chi connectivity index (χ4v) is 3.71. The van der Waals surface area contributed by atoms with E-state index in [9.17, 15) is 9.59 Å². The zero-order valence-corrected chi connectivity index (χ0v) is 18.5. The summed E-state index contributed by atoms with van der Waals surface area (Å²) in [5.41, 5.74) is 2.50. The summed E-state index contributed by atoms with van der Waals surface area (Å²) in [6.45, 7) is 2.05. The summed E-state index contributed by atoms with van der Waals surface area (Å²) in [5, 5.41) is 14.5. The Morgan fingerprint density at radius 1 is 1.00 bits per heavy atom. The summed E-state index contributed by atoms with van der Waals surface area (Å²) in [6, 6.07) is 14.9. The number of methoxy groups -OCH3 is 1. The maximum atomic E-state index is 12.4. The Hall–Kier alpha value is -3.33. The Labute approximate surface area is 185 Å². The van der Waals surface area contributed by atoms with Crippen molar-refractivity contribution >= 4 is 35.0 Å². The number of carbonyl (C=O) groups is 2. The summed E-state index contributed by atoms with van der Waals surface area (Å²) >= 11 is 1.27. The lowest BCUT2D eigenvalue weighted by atomic mass is 10.1. The van der Waals surface area contributed by atoms with Crippen LogP contribution in [0.25, 0.3) is 0 Å². The molecule has 0 aliphatic rings. The highest BCUT2D eigenvalue weighted by atomic mass is 32.2. The third kappa shape index (κ3) is 5.85. The van der Waals surface area contributed by atoms with Gasteiger partial charge in [-0.1, -0.05) is 49.0 Å². The number of carbonyl (C=O) groups excluding carboxylic acids is 2. The van der Waals surface area contributed by atoms with Crippen LogP contribution in [0.1, 0.15) is 18.3 Å². The molecule has 3 aromatic rings. The number of benzene rings is 2. The second-order valence-corrected chi connectivity index (χ2v) is 7.67. The first-order chi connectivity index (χ1) is 15.0. The second-order valence-electron chi connectivity index (χ2n) is 6.73. The van der Waals surface area contributed by atoms with Gasteiger partial charge in [0.05, 0.1) is 25.0 Å². The van der Waals surface area contributed by atoms with Crippen molar-refractivity contribution in [3.05, 3.63) is 59.9 Å². The van der Waals surface area contributed by atoms with Crippen LogP contribution in [-0.2, 0) is 29.5 Å². The number of aromatic nitrogens is 3. The Balaban J connectivity index is 1.56. The highest BCUT2D eigenvalue weighted by molar-refractivity contribution is 7.99. The molecule has 1 aromatic heterocycles. The maximum absolute atomic E-state index is 12.4. The van der Waals surface area contributed by atoms with E-state index in [1.807, 2.05) is 43.3 Å². The molecule has 0 aliphatic carbocycles. The van der Waals surface area contributed by atoms with E-state index >= 15 is 0 Å². The normalized spacial score (nSPS) is 10.5. The van der Waals surface area contributed by atoms with Gasteiger partial charge in [0.25, 0.3) is 0 Å². The van der Waals surface area contributed by atoms with Gasteiger partial charge in [-0.25, -0.2) is 0 Å². The first-order valence-electron chi connectivity index (χ1n) is 9.83. The average Bonchev–Trinajstić information content (AvgIpc) is 3.12. The van der Waals surface area contributed by atoms with Crippen LogP contribution in [0.4, 0.5) is 11.4 Å². The molecule has 0 saturated heterocycles. The summed E-state index contributed by atoms with van der Waals surface area (Å²) < 4.78 is 6.97. The fourth-order valence-electron chi connectivity index (χ4n) is 2.98. The molecule has 0 aliphatic heterocycles. The number of ether oxygens (including phenoxy) is 1.